The molecule has 0 radical (unpaired) electrons. The van der Waals surface area contributed by atoms with E-state index in [1.807, 2.05) is 6.92 Å². The Morgan fingerprint density at radius 2 is 1.86 bits per heavy atom. The van der Waals surface area contributed by atoms with E-state index in [9.17, 15) is 23.1 Å². The van der Waals surface area contributed by atoms with E-state index < -0.39 is 27.8 Å². The van der Waals surface area contributed by atoms with Crippen LogP contribution in [0.15, 0.2) is 18.2 Å². The number of rotatable bonds is 13. The van der Waals surface area contributed by atoms with Crippen molar-refractivity contribution in [3.05, 3.63) is 23.8 Å². The lowest BCUT2D eigenvalue weighted by Crippen LogP contribution is -2.42. The van der Waals surface area contributed by atoms with E-state index in [0.29, 0.717) is 24.7 Å². The average molecular weight is 416 g/mol. The average Bonchev–Trinajstić information content (AvgIpc) is 2.66. The highest BCUT2D eigenvalue weighted by Crippen LogP contribution is 2.28. The fourth-order valence-corrected chi connectivity index (χ4v) is 3.19. The Balaban J connectivity index is 2.90. The van der Waals surface area contributed by atoms with Gasteiger partial charge in [0, 0.05) is 11.3 Å². The van der Waals surface area contributed by atoms with E-state index in [1.54, 1.807) is 13.0 Å². The second-order valence-corrected chi connectivity index (χ2v) is 8.66. The van der Waals surface area contributed by atoms with Crippen molar-refractivity contribution in [3.63, 3.8) is 0 Å². The third-order valence-corrected chi connectivity index (χ3v) is 5.76. The van der Waals surface area contributed by atoms with Crippen LogP contribution in [0.2, 0.25) is 0 Å². The molecule has 1 atom stereocenters. The van der Waals surface area contributed by atoms with Gasteiger partial charge < -0.3 is 19.9 Å². The molecule has 1 rings (SSSR count). The number of benzene rings is 1. The zero-order valence-electron chi connectivity index (χ0n) is 16.6. The maximum absolute atomic E-state index is 12.5. The third-order valence-electron chi connectivity index (χ3n) is 4.02. The highest BCUT2D eigenvalue weighted by molar-refractivity contribution is 7.91. The summed E-state index contributed by atoms with van der Waals surface area (Å²) in [5.74, 6) is -1.39. The maximum atomic E-state index is 12.5. The number of carbonyl (C=O) groups is 2. The Labute approximate surface area is 166 Å². The van der Waals surface area contributed by atoms with Crippen LogP contribution < -0.4 is 14.8 Å². The number of carboxylic acid groups (broad SMARTS) is 1. The van der Waals surface area contributed by atoms with Crippen molar-refractivity contribution < 1.29 is 32.6 Å². The molecule has 1 unspecified atom stereocenters. The monoisotopic (exact) mass is 415 g/mol. The minimum Gasteiger partial charge on any atom is -0.490 e. The van der Waals surface area contributed by atoms with Crippen LogP contribution in [0, 0.1) is 0 Å². The zero-order chi connectivity index (χ0) is 21.2. The predicted molar refractivity (Wildman–Crippen MR) is 106 cm³/mol. The van der Waals surface area contributed by atoms with Crippen LogP contribution >= 0.6 is 0 Å². The Morgan fingerprint density at radius 3 is 2.43 bits per heavy atom. The molecule has 0 aliphatic rings. The minimum atomic E-state index is -3.33. The maximum Gasteiger partial charge on any atom is 0.326 e. The van der Waals surface area contributed by atoms with Crippen molar-refractivity contribution in [1.29, 1.82) is 0 Å². The van der Waals surface area contributed by atoms with Crippen LogP contribution in [0.5, 0.6) is 11.5 Å². The molecule has 8 nitrogen and oxygen atoms in total. The number of hydrogen-bond donors (Lipinski definition) is 2. The van der Waals surface area contributed by atoms with E-state index in [0.717, 1.165) is 12.8 Å². The highest BCUT2D eigenvalue weighted by atomic mass is 32.2. The van der Waals surface area contributed by atoms with Crippen LogP contribution in [0.1, 0.15) is 50.4 Å². The summed E-state index contributed by atoms with van der Waals surface area (Å²) >= 11 is 0. The first-order valence-electron chi connectivity index (χ1n) is 9.37. The van der Waals surface area contributed by atoms with Crippen LogP contribution in [-0.4, -0.2) is 56.2 Å². The zero-order valence-corrected chi connectivity index (χ0v) is 17.4. The second kappa shape index (κ2) is 11.5. The van der Waals surface area contributed by atoms with Gasteiger partial charge >= 0.3 is 5.97 Å². The number of carboxylic acids is 1. The molecule has 0 saturated carbocycles. The molecule has 0 aromatic heterocycles. The first-order valence-corrected chi connectivity index (χ1v) is 11.2. The number of carbonyl (C=O) groups excluding carboxylic acids is 1. The lowest BCUT2D eigenvalue weighted by molar-refractivity contribution is -0.139. The van der Waals surface area contributed by atoms with Gasteiger partial charge in [-0.1, -0.05) is 20.3 Å². The van der Waals surface area contributed by atoms with Crippen LogP contribution in [0.3, 0.4) is 0 Å². The molecule has 1 aromatic rings. The Bertz CT molecular complexity index is 762. The molecule has 0 aliphatic carbocycles. The molecule has 9 heteroatoms. The normalized spacial score (nSPS) is 12.2. The molecular weight excluding hydrogens is 386 g/mol. The van der Waals surface area contributed by atoms with Crippen molar-refractivity contribution in [2.24, 2.45) is 0 Å². The fourth-order valence-electron chi connectivity index (χ4n) is 2.30. The number of nitrogens with one attached hydrogen (secondary N) is 1. The summed E-state index contributed by atoms with van der Waals surface area (Å²) in [6, 6.07) is 3.31. The molecule has 2 N–H and O–H groups in total. The fraction of sp³-hybridized carbons (Fsp3) is 0.579. The lowest BCUT2D eigenvalue weighted by atomic mass is 10.1. The first kappa shape index (κ1) is 23.7. The van der Waals surface area contributed by atoms with Gasteiger partial charge in [-0.3, -0.25) is 4.79 Å². The van der Waals surface area contributed by atoms with Crippen LogP contribution in [-0.2, 0) is 14.6 Å². The first-order chi connectivity index (χ1) is 13.2. The Hall–Kier alpha value is -2.29. The summed E-state index contributed by atoms with van der Waals surface area (Å²) in [7, 11) is -3.33. The van der Waals surface area contributed by atoms with Crippen LogP contribution in [0.25, 0.3) is 0 Å². The van der Waals surface area contributed by atoms with Crippen molar-refractivity contribution in [1.82, 2.24) is 5.32 Å². The van der Waals surface area contributed by atoms with Gasteiger partial charge in [0.15, 0.2) is 11.5 Å². The predicted octanol–water partition coefficient (Wildman–Crippen LogP) is 2.27. The molecule has 1 aromatic carbocycles. The molecule has 158 valence electrons. The lowest BCUT2D eigenvalue weighted by Gasteiger charge is -2.16. The third kappa shape index (κ3) is 7.75. The van der Waals surface area contributed by atoms with Crippen molar-refractivity contribution >= 4 is 21.7 Å². The smallest absolute Gasteiger partial charge is 0.326 e. The summed E-state index contributed by atoms with van der Waals surface area (Å²) in [5, 5.41) is 11.7. The number of ether oxygens (including phenoxy) is 2. The van der Waals surface area contributed by atoms with Gasteiger partial charge in [-0.2, -0.15) is 0 Å². The minimum absolute atomic E-state index is 0.0789. The number of hydrogen-bond acceptors (Lipinski definition) is 6. The summed E-state index contributed by atoms with van der Waals surface area (Å²) < 4.78 is 34.4. The molecule has 0 bridgehead atoms. The largest absolute Gasteiger partial charge is 0.490 e. The van der Waals surface area contributed by atoms with Gasteiger partial charge in [-0.25, -0.2) is 13.2 Å². The molecule has 0 fully saturated rings. The molecule has 0 saturated heterocycles. The summed E-state index contributed by atoms with van der Waals surface area (Å²) in [5.41, 5.74) is 0.205. The van der Waals surface area contributed by atoms with Crippen LogP contribution in [0.4, 0.5) is 0 Å². The number of aliphatic carboxylic acids is 1. The quantitative estimate of drug-likeness (QED) is 0.474. The summed E-state index contributed by atoms with van der Waals surface area (Å²) in [6.45, 7) is 6.24. The second-order valence-electron chi connectivity index (χ2n) is 6.19. The van der Waals surface area contributed by atoms with Crippen molar-refractivity contribution in [2.45, 2.75) is 46.1 Å². The Morgan fingerprint density at radius 1 is 1.14 bits per heavy atom. The van der Waals surface area contributed by atoms with E-state index in [1.165, 1.54) is 19.1 Å². The van der Waals surface area contributed by atoms with Gasteiger partial charge in [0.25, 0.3) is 5.91 Å². The highest BCUT2D eigenvalue weighted by Gasteiger charge is 2.23. The molecule has 0 aliphatic heterocycles. The summed E-state index contributed by atoms with van der Waals surface area (Å²) in [4.78, 5) is 23.8. The summed E-state index contributed by atoms with van der Waals surface area (Å²) in [6.07, 6.45) is 1.66. The molecule has 0 spiro atoms. The van der Waals surface area contributed by atoms with Gasteiger partial charge in [0.1, 0.15) is 15.9 Å². The van der Waals surface area contributed by atoms with E-state index in [-0.39, 0.29) is 23.5 Å². The van der Waals surface area contributed by atoms with E-state index in [4.69, 9.17) is 9.47 Å². The van der Waals surface area contributed by atoms with Gasteiger partial charge in [-0.15, -0.1) is 0 Å². The van der Waals surface area contributed by atoms with Crippen molar-refractivity contribution in [3.8, 4) is 11.5 Å². The standard InChI is InChI=1S/C19H29NO7S/c1-4-7-11-27-16-9-8-14(13-17(16)26-5-2)18(21)20-15(19(22)23)10-12-28(24,25)6-3/h8-9,13,15H,4-7,10-12H2,1-3H3,(H,20,21)(H,22,23). The number of sulfone groups is 1. The molecule has 28 heavy (non-hydrogen) atoms. The number of unbranched alkanes of at least 4 members (excludes halogenated alkanes) is 1. The molecule has 1 amide bonds. The van der Waals surface area contributed by atoms with E-state index >= 15 is 0 Å². The topological polar surface area (TPSA) is 119 Å². The van der Waals surface area contributed by atoms with Crippen molar-refractivity contribution in [2.75, 3.05) is 24.7 Å². The molecular formula is C19H29NO7S. The van der Waals surface area contributed by atoms with Gasteiger partial charge in [0.2, 0.25) is 0 Å². The van der Waals surface area contributed by atoms with E-state index in [2.05, 4.69) is 5.32 Å². The van der Waals surface area contributed by atoms with Gasteiger partial charge in [-0.05, 0) is 38.0 Å². The van der Waals surface area contributed by atoms with Gasteiger partial charge in [0.05, 0.1) is 19.0 Å². The number of amides is 1. The SMILES string of the molecule is CCCCOc1ccc(C(=O)NC(CCS(=O)(=O)CC)C(=O)O)cc1OCC. The molecule has 0 heterocycles. The Kier molecular flexibility index (Phi) is 9.78.